The lowest BCUT2D eigenvalue weighted by atomic mass is 10.0. The fourth-order valence-corrected chi connectivity index (χ4v) is 3.22. The summed E-state index contributed by atoms with van der Waals surface area (Å²) in [7, 11) is 0. The number of nitrogens with two attached hydrogens (primary N) is 1. The standard InChI is InChI=1S/C19H24N2/c1-2-18(20)17-11-5-6-12-19(17)21-13-7-10-15-8-3-4-9-16(15)14-21/h3-6,8-9,11-12,18H,2,7,10,13-14,20H2,1H3/t18-/m1/s1. The topological polar surface area (TPSA) is 29.3 Å². The Labute approximate surface area is 127 Å². The van der Waals surface area contributed by atoms with Gasteiger partial charge in [0.2, 0.25) is 0 Å². The first-order chi connectivity index (χ1) is 10.3. The van der Waals surface area contributed by atoms with Gasteiger partial charge in [-0.3, -0.25) is 0 Å². The summed E-state index contributed by atoms with van der Waals surface area (Å²) in [4.78, 5) is 2.50. The second kappa shape index (κ2) is 6.31. The summed E-state index contributed by atoms with van der Waals surface area (Å²) < 4.78 is 0. The summed E-state index contributed by atoms with van der Waals surface area (Å²) >= 11 is 0. The highest BCUT2D eigenvalue weighted by molar-refractivity contribution is 5.56. The molecule has 0 saturated heterocycles. The maximum atomic E-state index is 6.31. The molecule has 1 aliphatic heterocycles. The van der Waals surface area contributed by atoms with Crippen LogP contribution in [0.4, 0.5) is 5.69 Å². The van der Waals surface area contributed by atoms with Gasteiger partial charge in [-0.1, -0.05) is 49.4 Å². The molecular formula is C19H24N2. The molecule has 0 aromatic heterocycles. The summed E-state index contributed by atoms with van der Waals surface area (Å²) in [6.07, 6.45) is 3.35. The first kappa shape index (κ1) is 14.2. The normalized spacial score (nSPS) is 16.2. The van der Waals surface area contributed by atoms with Crippen molar-refractivity contribution >= 4 is 5.69 Å². The minimum Gasteiger partial charge on any atom is -0.367 e. The van der Waals surface area contributed by atoms with Crippen LogP contribution >= 0.6 is 0 Å². The van der Waals surface area contributed by atoms with Crippen molar-refractivity contribution in [1.82, 2.24) is 0 Å². The maximum Gasteiger partial charge on any atom is 0.0432 e. The Morgan fingerprint density at radius 2 is 1.76 bits per heavy atom. The van der Waals surface area contributed by atoms with E-state index >= 15 is 0 Å². The third-order valence-corrected chi connectivity index (χ3v) is 4.47. The van der Waals surface area contributed by atoms with E-state index in [-0.39, 0.29) is 6.04 Å². The Kier molecular flexibility index (Phi) is 4.26. The summed E-state index contributed by atoms with van der Waals surface area (Å²) in [6.45, 7) is 4.24. The molecule has 110 valence electrons. The number of benzene rings is 2. The van der Waals surface area contributed by atoms with E-state index in [0.717, 1.165) is 19.5 Å². The van der Waals surface area contributed by atoms with Crippen molar-refractivity contribution in [2.45, 2.75) is 38.8 Å². The fourth-order valence-electron chi connectivity index (χ4n) is 3.22. The molecule has 0 unspecified atom stereocenters. The molecule has 0 amide bonds. The number of rotatable bonds is 3. The molecule has 2 aromatic carbocycles. The van der Waals surface area contributed by atoms with Crippen LogP contribution in [0.2, 0.25) is 0 Å². The number of para-hydroxylation sites is 1. The van der Waals surface area contributed by atoms with E-state index in [1.54, 1.807) is 0 Å². The number of fused-ring (bicyclic) bond motifs is 1. The molecule has 0 fully saturated rings. The molecule has 0 saturated carbocycles. The van der Waals surface area contributed by atoms with Crippen LogP contribution in [0.5, 0.6) is 0 Å². The number of anilines is 1. The van der Waals surface area contributed by atoms with E-state index in [4.69, 9.17) is 5.73 Å². The third-order valence-electron chi connectivity index (χ3n) is 4.47. The van der Waals surface area contributed by atoms with Gasteiger partial charge in [-0.15, -0.1) is 0 Å². The largest absolute Gasteiger partial charge is 0.367 e. The predicted octanol–water partition coefficient (Wildman–Crippen LogP) is 4.05. The van der Waals surface area contributed by atoms with E-state index in [1.165, 1.54) is 35.2 Å². The first-order valence-electron chi connectivity index (χ1n) is 7.96. The van der Waals surface area contributed by atoms with Crippen LogP contribution < -0.4 is 10.6 Å². The van der Waals surface area contributed by atoms with Crippen molar-refractivity contribution in [3.05, 3.63) is 65.2 Å². The number of aryl methyl sites for hydroxylation is 1. The second-order valence-electron chi connectivity index (χ2n) is 5.87. The molecule has 0 aliphatic carbocycles. The zero-order chi connectivity index (χ0) is 14.7. The lowest BCUT2D eigenvalue weighted by Crippen LogP contribution is -2.25. The number of hydrogen-bond acceptors (Lipinski definition) is 2. The molecule has 21 heavy (non-hydrogen) atoms. The average Bonchev–Trinajstić information content (AvgIpc) is 2.76. The SMILES string of the molecule is CC[C@@H](N)c1ccccc1N1CCCc2ccccc2C1. The minimum absolute atomic E-state index is 0.125. The Morgan fingerprint density at radius 1 is 1.05 bits per heavy atom. The van der Waals surface area contributed by atoms with Gasteiger partial charge in [0.05, 0.1) is 0 Å². The van der Waals surface area contributed by atoms with Gasteiger partial charge in [0, 0.05) is 24.8 Å². The summed E-state index contributed by atoms with van der Waals surface area (Å²) in [5.74, 6) is 0. The molecule has 0 bridgehead atoms. The summed E-state index contributed by atoms with van der Waals surface area (Å²) in [5, 5.41) is 0. The van der Waals surface area contributed by atoms with Crippen LogP contribution in [0.3, 0.4) is 0 Å². The molecule has 3 rings (SSSR count). The van der Waals surface area contributed by atoms with E-state index in [1.807, 2.05) is 0 Å². The zero-order valence-corrected chi connectivity index (χ0v) is 12.8. The zero-order valence-electron chi connectivity index (χ0n) is 12.8. The van der Waals surface area contributed by atoms with E-state index in [9.17, 15) is 0 Å². The van der Waals surface area contributed by atoms with Gasteiger partial charge in [-0.05, 0) is 42.0 Å². The van der Waals surface area contributed by atoms with Gasteiger partial charge in [-0.25, -0.2) is 0 Å². The van der Waals surface area contributed by atoms with Gasteiger partial charge in [0.15, 0.2) is 0 Å². The summed E-state index contributed by atoms with van der Waals surface area (Å²) in [6, 6.07) is 17.6. The molecule has 1 aliphatic rings. The quantitative estimate of drug-likeness (QED) is 0.919. The molecule has 1 atom stereocenters. The smallest absolute Gasteiger partial charge is 0.0432 e. The van der Waals surface area contributed by atoms with Gasteiger partial charge < -0.3 is 10.6 Å². The number of nitrogens with zero attached hydrogens (tertiary/aromatic N) is 1. The van der Waals surface area contributed by atoms with Crippen molar-refractivity contribution in [3.8, 4) is 0 Å². The minimum atomic E-state index is 0.125. The van der Waals surface area contributed by atoms with E-state index in [2.05, 4.69) is 60.4 Å². The summed E-state index contributed by atoms with van der Waals surface area (Å²) in [5.41, 5.74) is 11.8. The van der Waals surface area contributed by atoms with Crippen LogP contribution in [-0.4, -0.2) is 6.54 Å². The molecule has 0 radical (unpaired) electrons. The highest BCUT2D eigenvalue weighted by Crippen LogP contribution is 2.30. The Bertz CT molecular complexity index is 606. The van der Waals surface area contributed by atoms with Crippen LogP contribution in [0.15, 0.2) is 48.5 Å². The molecule has 2 nitrogen and oxygen atoms in total. The Morgan fingerprint density at radius 3 is 2.57 bits per heavy atom. The van der Waals surface area contributed by atoms with Crippen molar-refractivity contribution in [3.63, 3.8) is 0 Å². The van der Waals surface area contributed by atoms with Gasteiger partial charge in [0.25, 0.3) is 0 Å². The second-order valence-corrected chi connectivity index (χ2v) is 5.87. The van der Waals surface area contributed by atoms with Gasteiger partial charge >= 0.3 is 0 Å². The molecule has 2 N–H and O–H groups in total. The Balaban J connectivity index is 1.94. The van der Waals surface area contributed by atoms with Gasteiger partial charge in [-0.2, -0.15) is 0 Å². The van der Waals surface area contributed by atoms with Crippen LogP contribution in [0, 0.1) is 0 Å². The van der Waals surface area contributed by atoms with Crippen molar-refractivity contribution in [2.75, 3.05) is 11.4 Å². The first-order valence-corrected chi connectivity index (χ1v) is 7.96. The van der Waals surface area contributed by atoms with Crippen molar-refractivity contribution < 1.29 is 0 Å². The van der Waals surface area contributed by atoms with Crippen molar-refractivity contribution in [1.29, 1.82) is 0 Å². The highest BCUT2D eigenvalue weighted by Gasteiger charge is 2.18. The Hall–Kier alpha value is -1.80. The highest BCUT2D eigenvalue weighted by atomic mass is 15.1. The lowest BCUT2D eigenvalue weighted by Gasteiger charge is -2.27. The van der Waals surface area contributed by atoms with Crippen molar-refractivity contribution in [2.24, 2.45) is 5.73 Å². The predicted molar refractivity (Wildman–Crippen MR) is 89.5 cm³/mol. The lowest BCUT2D eigenvalue weighted by molar-refractivity contribution is 0.685. The van der Waals surface area contributed by atoms with Crippen LogP contribution in [0.25, 0.3) is 0 Å². The number of hydrogen-bond donors (Lipinski definition) is 1. The monoisotopic (exact) mass is 280 g/mol. The van der Waals surface area contributed by atoms with Crippen LogP contribution in [0.1, 0.15) is 42.5 Å². The molecule has 2 heteroatoms. The third kappa shape index (κ3) is 2.96. The van der Waals surface area contributed by atoms with Crippen LogP contribution in [-0.2, 0) is 13.0 Å². The van der Waals surface area contributed by atoms with E-state index in [0.29, 0.717) is 0 Å². The molecule has 2 aromatic rings. The molecular weight excluding hydrogens is 256 g/mol. The van der Waals surface area contributed by atoms with Gasteiger partial charge in [0.1, 0.15) is 0 Å². The molecule has 1 heterocycles. The molecule has 0 spiro atoms. The average molecular weight is 280 g/mol. The fraction of sp³-hybridized carbons (Fsp3) is 0.368. The maximum absolute atomic E-state index is 6.31. The van der Waals surface area contributed by atoms with E-state index < -0.39 is 0 Å².